The standard InChI is InChI=1S/C15H24O3/c1-11(2)6-5-7-12-8-9-13(15(3,4)17)18-14(16)10-12/h6,10,13,17H,5,7-9H2,1-4H3. The van der Waals surface area contributed by atoms with Gasteiger partial charge in [-0.1, -0.05) is 17.2 Å². The molecule has 1 atom stereocenters. The average Bonchev–Trinajstić information content (AvgIpc) is 2.38. The molecule has 0 aromatic carbocycles. The maximum atomic E-state index is 11.6. The van der Waals surface area contributed by atoms with E-state index < -0.39 is 11.7 Å². The van der Waals surface area contributed by atoms with Crippen LogP contribution in [-0.4, -0.2) is 22.8 Å². The number of carbonyl (C=O) groups excluding carboxylic acids is 1. The third-order valence-corrected chi connectivity index (χ3v) is 3.11. The predicted octanol–water partition coefficient (Wildman–Crippen LogP) is 3.14. The third-order valence-electron chi connectivity index (χ3n) is 3.11. The Kier molecular flexibility index (Phi) is 5.15. The summed E-state index contributed by atoms with van der Waals surface area (Å²) >= 11 is 0. The fraction of sp³-hybridized carbons (Fsp3) is 0.667. The van der Waals surface area contributed by atoms with Crippen LogP contribution < -0.4 is 0 Å². The van der Waals surface area contributed by atoms with Crippen LogP contribution in [0.1, 0.15) is 53.4 Å². The van der Waals surface area contributed by atoms with E-state index in [1.165, 1.54) is 5.57 Å². The van der Waals surface area contributed by atoms with Crippen molar-refractivity contribution in [2.24, 2.45) is 0 Å². The fourth-order valence-electron chi connectivity index (χ4n) is 2.03. The summed E-state index contributed by atoms with van der Waals surface area (Å²) in [4.78, 5) is 11.6. The van der Waals surface area contributed by atoms with Crippen molar-refractivity contribution in [2.45, 2.75) is 65.1 Å². The average molecular weight is 252 g/mol. The second kappa shape index (κ2) is 6.19. The van der Waals surface area contributed by atoms with E-state index in [4.69, 9.17) is 4.74 Å². The minimum Gasteiger partial charge on any atom is -0.456 e. The molecule has 3 heteroatoms. The van der Waals surface area contributed by atoms with Gasteiger partial charge in [-0.3, -0.25) is 0 Å². The molecule has 1 rings (SSSR count). The first kappa shape index (κ1) is 15.0. The number of hydrogen-bond acceptors (Lipinski definition) is 3. The highest BCUT2D eigenvalue weighted by atomic mass is 16.6. The molecule has 0 fully saturated rings. The Morgan fingerprint density at radius 2 is 2.22 bits per heavy atom. The first-order chi connectivity index (χ1) is 8.29. The van der Waals surface area contributed by atoms with Crippen molar-refractivity contribution in [3.05, 3.63) is 23.3 Å². The van der Waals surface area contributed by atoms with E-state index >= 15 is 0 Å². The summed E-state index contributed by atoms with van der Waals surface area (Å²) in [7, 11) is 0. The van der Waals surface area contributed by atoms with Gasteiger partial charge in [0.1, 0.15) is 6.10 Å². The molecule has 0 amide bonds. The van der Waals surface area contributed by atoms with Gasteiger partial charge in [-0.2, -0.15) is 0 Å². The van der Waals surface area contributed by atoms with Gasteiger partial charge in [0.15, 0.2) is 0 Å². The van der Waals surface area contributed by atoms with Crippen LogP contribution in [0.3, 0.4) is 0 Å². The predicted molar refractivity (Wildman–Crippen MR) is 72.2 cm³/mol. The lowest BCUT2D eigenvalue weighted by molar-refractivity contribution is -0.155. The zero-order valence-corrected chi connectivity index (χ0v) is 11.8. The largest absolute Gasteiger partial charge is 0.456 e. The monoisotopic (exact) mass is 252 g/mol. The van der Waals surface area contributed by atoms with Crippen molar-refractivity contribution in [3.63, 3.8) is 0 Å². The van der Waals surface area contributed by atoms with Gasteiger partial charge in [0.2, 0.25) is 0 Å². The van der Waals surface area contributed by atoms with Crippen LogP contribution in [0, 0.1) is 0 Å². The molecular weight excluding hydrogens is 228 g/mol. The van der Waals surface area contributed by atoms with Crippen LogP contribution in [0.15, 0.2) is 23.3 Å². The number of esters is 1. The van der Waals surface area contributed by atoms with Crippen molar-refractivity contribution in [3.8, 4) is 0 Å². The van der Waals surface area contributed by atoms with Gasteiger partial charge in [0.25, 0.3) is 0 Å². The topological polar surface area (TPSA) is 46.5 Å². The molecule has 102 valence electrons. The van der Waals surface area contributed by atoms with E-state index in [2.05, 4.69) is 19.9 Å². The Balaban J connectivity index is 2.59. The van der Waals surface area contributed by atoms with Gasteiger partial charge in [-0.05, 0) is 53.4 Å². The van der Waals surface area contributed by atoms with Gasteiger partial charge >= 0.3 is 5.97 Å². The summed E-state index contributed by atoms with van der Waals surface area (Å²) in [5.41, 5.74) is 1.43. The summed E-state index contributed by atoms with van der Waals surface area (Å²) in [6.07, 6.45) is 6.69. The van der Waals surface area contributed by atoms with Crippen LogP contribution in [0.2, 0.25) is 0 Å². The number of allylic oxidation sites excluding steroid dienone is 3. The molecule has 0 aromatic rings. The third kappa shape index (κ3) is 5.05. The Hall–Kier alpha value is -1.09. The SMILES string of the molecule is CC(C)=CCCC1=CC(=O)OC(C(C)(C)O)CC1. The summed E-state index contributed by atoms with van der Waals surface area (Å²) in [6, 6.07) is 0. The number of rotatable bonds is 4. The highest BCUT2D eigenvalue weighted by Gasteiger charge is 2.31. The summed E-state index contributed by atoms with van der Waals surface area (Å²) in [5, 5.41) is 9.91. The van der Waals surface area contributed by atoms with Crippen molar-refractivity contribution in [2.75, 3.05) is 0 Å². The molecule has 1 heterocycles. The van der Waals surface area contributed by atoms with Crippen LogP contribution >= 0.6 is 0 Å². The number of aliphatic hydroxyl groups is 1. The number of ether oxygens (including phenoxy) is 1. The lowest BCUT2D eigenvalue weighted by Gasteiger charge is -2.27. The number of cyclic esters (lactones) is 1. The molecule has 0 aromatic heterocycles. The zero-order valence-electron chi connectivity index (χ0n) is 11.8. The van der Waals surface area contributed by atoms with Crippen LogP contribution in [0.4, 0.5) is 0 Å². The second-order valence-electron chi connectivity index (χ2n) is 5.74. The van der Waals surface area contributed by atoms with Crippen molar-refractivity contribution < 1.29 is 14.6 Å². The van der Waals surface area contributed by atoms with Crippen molar-refractivity contribution in [1.82, 2.24) is 0 Å². The van der Waals surface area contributed by atoms with Crippen LogP contribution in [0.25, 0.3) is 0 Å². The number of hydrogen-bond donors (Lipinski definition) is 1. The first-order valence-electron chi connectivity index (χ1n) is 6.55. The van der Waals surface area contributed by atoms with Crippen molar-refractivity contribution in [1.29, 1.82) is 0 Å². The summed E-state index contributed by atoms with van der Waals surface area (Å²) in [5.74, 6) is -0.327. The lowest BCUT2D eigenvalue weighted by Crippen LogP contribution is -2.38. The molecule has 1 N–H and O–H groups in total. The zero-order chi connectivity index (χ0) is 13.8. The molecular formula is C15H24O3. The van der Waals surface area contributed by atoms with E-state index in [1.54, 1.807) is 19.9 Å². The minimum absolute atomic E-state index is 0.327. The molecule has 3 nitrogen and oxygen atoms in total. The first-order valence-corrected chi connectivity index (χ1v) is 6.55. The van der Waals surface area contributed by atoms with E-state index in [0.29, 0.717) is 6.42 Å². The van der Waals surface area contributed by atoms with E-state index in [9.17, 15) is 9.90 Å². The molecule has 1 aliphatic heterocycles. The van der Waals surface area contributed by atoms with E-state index in [0.717, 1.165) is 24.8 Å². The van der Waals surface area contributed by atoms with Crippen LogP contribution in [0.5, 0.6) is 0 Å². The highest BCUT2D eigenvalue weighted by Crippen LogP contribution is 2.25. The molecule has 1 unspecified atom stereocenters. The number of carbonyl (C=O) groups is 1. The van der Waals surface area contributed by atoms with Gasteiger partial charge in [-0.15, -0.1) is 0 Å². The Bertz CT molecular complexity index is 354. The molecule has 0 spiro atoms. The Labute approximate surface area is 110 Å². The molecule has 0 radical (unpaired) electrons. The molecule has 18 heavy (non-hydrogen) atoms. The Morgan fingerprint density at radius 1 is 1.56 bits per heavy atom. The quantitative estimate of drug-likeness (QED) is 0.617. The summed E-state index contributed by atoms with van der Waals surface area (Å²) < 4.78 is 5.25. The van der Waals surface area contributed by atoms with Gasteiger partial charge < -0.3 is 9.84 Å². The van der Waals surface area contributed by atoms with E-state index in [1.807, 2.05) is 0 Å². The van der Waals surface area contributed by atoms with Gasteiger partial charge in [0.05, 0.1) is 5.60 Å². The second-order valence-corrected chi connectivity index (χ2v) is 5.74. The fourth-order valence-corrected chi connectivity index (χ4v) is 2.03. The molecule has 1 aliphatic rings. The maximum absolute atomic E-state index is 11.6. The molecule has 0 bridgehead atoms. The minimum atomic E-state index is -0.973. The van der Waals surface area contributed by atoms with Crippen LogP contribution in [-0.2, 0) is 9.53 Å². The summed E-state index contributed by atoms with van der Waals surface area (Å²) in [6.45, 7) is 7.50. The lowest BCUT2D eigenvalue weighted by atomic mass is 9.94. The maximum Gasteiger partial charge on any atom is 0.331 e. The molecule has 0 saturated heterocycles. The highest BCUT2D eigenvalue weighted by molar-refractivity contribution is 5.83. The van der Waals surface area contributed by atoms with Gasteiger partial charge in [0, 0.05) is 6.08 Å². The smallest absolute Gasteiger partial charge is 0.331 e. The normalized spacial score (nSPS) is 20.8. The molecule has 0 aliphatic carbocycles. The van der Waals surface area contributed by atoms with E-state index in [-0.39, 0.29) is 5.97 Å². The van der Waals surface area contributed by atoms with Gasteiger partial charge in [-0.25, -0.2) is 4.79 Å². The van der Waals surface area contributed by atoms with Crippen molar-refractivity contribution >= 4 is 5.97 Å². The molecule has 0 saturated carbocycles. The Morgan fingerprint density at radius 3 is 2.78 bits per heavy atom.